The van der Waals surface area contributed by atoms with Crippen LogP contribution >= 0.6 is 0 Å². The molecule has 18 heavy (non-hydrogen) atoms. The first-order valence-corrected chi connectivity index (χ1v) is 5.72. The van der Waals surface area contributed by atoms with Crippen molar-refractivity contribution < 1.29 is 14.3 Å². The van der Waals surface area contributed by atoms with Crippen molar-refractivity contribution in [2.45, 2.75) is 13.0 Å². The molecule has 0 saturated carbocycles. The summed E-state index contributed by atoms with van der Waals surface area (Å²) in [6.45, 7) is 5.97. The highest BCUT2D eigenvalue weighted by molar-refractivity contribution is 6.04. The number of amides is 1. The van der Waals surface area contributed by atoms with Crippen LogP contribution < -0.4 is 0 Å². The zero-order chi connectivity index (χ0) is 13.3. The number of nitrogens with zero attached hydrogens (tertiary/aromatic N) is 1. The predicted molar refractivity (Wildman–Crippen MR) is 68.0 cm³/mol. The quantitative estimate of drug-likeness (QED) is 0.745. The summed E-state index contributed by atoms with van der Waals surface area (Å²) in [5.74, 6) is -0.577. The van der Waals surface area contributed by atoms with E-state index in [1.807, 2.05) is 12.1 Å². The summed E-state index contributed by atoms with van der Waals surface area (Å²) in [5.41, 5.74) is 2.28. The third kappa shape index (κ3) is 1.90. The van der Waals surface area contributed by atoms with Crippen LogP contribution in [0.2, 0.25) is 0 Å². The van der Waals surface area contributed by atoms with E-state index in [2.05, 4.69) is 11.3 Å². The van der Waals surface area contributed by atoms with Gasteiger partial charge in [-0.1, -0.05) is 24.8 Å². The molecular formula is C14H15NO3. The molecule has 2 rings (SSSR count). The first-order valence-electron chi connectivity index (χ1n) is 5.72. The fraction of sp³-hybridized carbons (Fsp3) is 0.286. The molecular weight excluding hydrogens is 230 g/mol. The second kappa shape index (κ2) is 4.64. The molecule has 0 aromatic heterocycles. The lowest BCUT2D eigenvalue weighted by Crippen LogP contribution is -2.46. The maximum absolute atomic E-state index is 12.3. The molecule has 4 heteroatoms. The molecule has 1 aliphatic heterocycles. The summed E-state index contributed by atoms with van der Waals surface area (Å²) >= 11 is 0. The normalized spacial score (nSPS) is 16.2. The SMILES string of the molecule is C=C1CN([C@@H](C)C(=O)OC)C(=O)c2ccccc21. The third-order valence-electron chi connectivity index (χ3n) is 3.17. The molecule has 94 valence electrons. The Hall–Kier alpha value is -2.10. The fourth-order valence-electron chi connectivity index (χ4n) is 2.11. The number of carbonyl (C=O) groups excluding carboxylic acids is 2. The van der Waals surface area contributed by atoms with Crippen molar-refractivity contribution >= 4 is 17.4 Å². The van der Waals surface area contributed by atoms with Crippen molar-refractivity contribution in [3.8, 4) is 0 Å². The number of rotatable bonds is 2. The van der Waals surface area contributed by atoms with E-state index in [9.17, 15) is 9.59 Å². The Balaban J connectivity index is 2.37. The smallest absolute Gasteiger partial charge is 0.328 e. The van der Waals surface area contributed by atoms with E-state index in [4.69, 9.17) is 0 Å². The minimum atomic E-state index is -0.604. The number of carbonyl (C=O) groups is 2. The number of methoxy groups -OCH3 is 1. The van der Waals surface area contributed by atoms with Crippen LogP contribution in [0.25, 0.3) is 5.57 Å². The number of ether oxygens (including phenoxy) is 1. The van der Waals surface area contributed by atoms with Gasteiger partial charge in [-0.25, -0.2) is 4.79 Å². The van der Waals surface area contributed by atoms with Crippen molar-refractivity contribution in [3.63, 3.8) is 0 Å². The summed E-state index contributed by atoms with van der Waals surface area (Å²) in [4.78, 5) is 25.3. The van der Waals surface area contributed by atoms with Crippen LogP contribution in [0.3, 0.4) is 0 Å². The van der Waals surface area contributed by atoms with E-state index < -0.39 is 12.0 Å². The van der Waals surface area contributed by atoms with E-state index in [-0.39, 0.29) is 5.91 Å². The molecule has 1 aliphatic rings. The van der Waals surface area contributed by atoms with Crippen LogP contribution in [0.4, 0.5) is 0 Å². The first-order chi connectivity index (χ1) is 8.56. The Morgan fingerprint density at radius 1 is 1.39 bits per heavy atom. The van der Waals surface area contributed by atoms with E-state index >= 15 is 0 Å². The summed E-state index contributed by atoms with van der Waals surface area (Å²) in [6.07, 6.45) is 0. The predicted octanol–water partition coefficient (Wildman–Crippen LogP) is 1.72. The Morgan fingerprint density at radius 3 is 2.61 bits per heavy atom. The lowest BCUT2D eigenvalue weighted by molar-refractivity contribution is -0.145. The fourth-order valence-corrected chi connectivity index (χ4v) is 2.11. The summed E-state index contributed by atoms with van der Waals surface area (Å²) in [6, 6.07) is 6.69. The minimum absolute atomic E-state index is 0.157. The molecule has 0 fully saturated rings. The average molecular weight is 245 g/mol. The van der Waals surface area contributed by atoms with Gasteiger partial charge in [-0.15, -0.1) is 0 Å². The number of hydrogen-bond donors (Lipinski definition) is 0. The van der Waals surface area contributed by atoms with Gasteiger partial charge in [0.05, 0.1) is 7.11 Å². The van der Waals surface area contributed by atoms with Gasteiger partial charge in [-0.3, -0.25) is 4.79 Å². The topological polar surface area (TPSA) is 46.6 Å². The molecule has 1 atom stereocenters. The molecule has 0 aliphatic carbocycles. The Kier molecular flexibility index (Phi) is 3.19. The van der Waals surface area contributed by atoms with Gasteiger partial charge in [-0.2, -0.15) is 0 Å². The van der Waals surface area contributed by atoms with Gasteiger partial charge in [0.1, 0.15) is 6.04 Å². The maximum Gasteiger partial charge on any atom is 0.328 e. The van der Waals surface area contributed by atoms with Crippen molar-refractivity contribution in [1.82, 2.24) is 4.90 Å². The first kappa shape index (κ1) is 12.4. The highest BCUT2D eigenvalue weighted by Gasteiger charge is 2.32. The zero-order valence-corrected chi connectivity index (χ0v) is 10.5. The van der Waals surface area contributed by atoms with Crippen LogP contribution in [0.15, 0.2) is 30.8 Å². The molecule has 0 radical (unpaired) electrons. The molecule has 1 aromatic rings. The van der Waals surface area contributed by atoms with Gasteiger partial charge in [0.2, 0.25) is 0 Å². The highest BCUT2D eigenvalue weighted by Crippen LogP contribution is 2.27. The van der Waals surface area contributed by atoms with Crippen LogP contribution in [0, 0.1) is 0 Å². The van der Waals surface area contributed by atoms with Gasteiger partial charge in [0.15, 0.2) is 0 Å². The van der Waals surface area contributed by atoms with E-state index in [0.717, 1.165) is 11.1 Å². The molecule has 4 nitrogen and oxygen atoms in total. The number of esters is 1. The summed E-state index contributed by atoms with van der Waals surface area (Å²) in [5, 5.41) is 0. The molecule has 0 unspecified atom stereocenters. The van der Waals surface area contributed by atoms with Gasteiger partial charge >= 0.3 is 5.97 Å². The van der Waals surface area contributed by atoms with Crippen molar-refractivity contribution in [2.75, 3.05) is 13.7 Å². The largest absolute Gasteiger partial charge is 0.467 e. The van der Waals surface area contributed by atoms with Gasteiger partial charge in [0.25, 0.3) is 5.91 Å². The second-order valence-electron chi connectivity index (χ2n) is 4.28. The highest BCUT2D eigenvalue weighted by atomic mass is 16.5. The molecule has 0 spiro atoms. The monoisotopic (exact) mass is 245 g/mol. The van der Waals surface area contributed by atoms with Crippen LogP contribution in [0.5, 0.6) is 0 Å². The second-order valence-corrected chi connectivity index (χ2v) is 4.28. The number of benzene rings is 1. The van der Waals surface area contributed by atoms with E-state index in [1.165, 1.54) is 12.0 Å². The Labute approximate surface area is 106 Å². The van der Waals surface area contributed by atoms with Gasteiger partial charge in [0, 0.05) is 12.1 Å². The van der Waals surface area contributed by atoms with Crippen molar-refractivity contribution in [2.24, 2.45) is 0 Å². The zero-order valence-electron chi connectivity index (χ0n) is 10.5. The Morgan fingerprint density at radius 2 is 2.00 bits per heavy atom. The van der Waals surface area contributed by atoms with E-state index in [0.29, 0.717) is 12.1 Å². The molecule has 0 saturated heterocycles. The van der Waals surface area contributed by atoms with Crippen LogP contribution in [-0.2, 0) is 9.53 Å². The standard InChI is InChI=1S/C14H15NO3/c1-9-8-15(10(2)14(17)18-3)13(16)12-7-5-4-6-11(9)12/h4-7,10H,1,8H2,2-3H3/t10-/m0/s1. The number of hydrogen-bond acceptors (Lipinski definition) is 3. The molecule has 1 aromatic carbocycles. The van der Waals surface area contributed by atoms with E-state index in [1.54, 1.807) is 19.1 Å². The Bertz CT molecular complexity index is 522. The lowest BCUT2D eigenvalue weighted by Gasteiger charge is -2.33. The molecule has 0 bridgehead atoms. The van der Waals surface area contributed by atoms with Gasteiger partial charge in [-0.05, 0) is 24.1 Å². The number of fused-ring (bicyclic) bond motifs is 1. The molecule has 1 amide bonds. The molecule has 1 heterocycles. The van der Waals surface area contributed by atoms with Crippen molar-refractivity contribution in [3.05, 3.63) is 42.0 Å². The maximum atomic E-state index is 12.3. The minimum Gasteiger partial charge on any atom is -0.467 e. The van der Waals surface area contributed by atoms with Crippen LogP contribution in [-0.4, -0.2) is 36.5 Å². The summed E-state index contributed by atoms with van der Waals surface area (Å²) in [7, 11) is 1.32. The van der Waals surface area contributed by atoms with Crippen molar-refractivity contribution in [1.29, 1.82) is 0 Å². The molecule has 0 N–H and O–H groups in total. The van der Waals surface area contributed by atoms with Crippen LogP contribution in [0.1, 0.15) is 22.8 Å². The van der Waals surface area contributed by atoms with Gasteiger partial charge < -0.3 is 9.64 Å². The lowest BCUT2D eigenvalue weighted by atomic mass is 9.94. The average Bonchev–Trinajstić information content (AvgIpc) is 2.41. The summed E-state index contributed by atoms with van der Waals surface area (Å²) < 4.78 is 4.67. The third-order valence-corrected chi connectivity index (χ3v) is 3.17.